The molecule has 14 nitrogen and oxygen atoms in total. The smallest absolute Gasteiger partial charge is 0.407 e. The number of rotatable bonds is 12. The summed E-state index contributed by atoms with van der Waals surface area (Å²) in [6.07, 6.45) is -1.30. The van der Waals surface area contributed by atoms with Crippen molar-refractivity contribution in [2.24, 2.45) is 0 Å². The minimum Gasteiger partial charge on any atom is -0.456 e. The number of aliphatic hydroxyl groups excluding tert-OH is 1. The minimum atomic E-state index is -0.946. The Morgan fingerprint density at radius 2 is 1.54 bits per heavy atom. The van der Waals surface area contributed by atoms with E-state index in [0.717, 1.165) is 0 Å². The number of hydrogen-bond acceptors (Lipinski definition) is 11. The number of nitrogens with zero attached hydrogens (tertiary/aromatic N) is 3. The van der Waals surface area contributed by atoms with Gasteiger partial charge in [0.25, 0.3) is 11.4 Å². The number of alkyl carbamates (subject to hydrolysis) is 1. The molecular weight excluding hydrogens is 560 g/mol. The molecule has 41 heavy (non-hydrogen) atoms. The van der Waals surface area contributed by atoms with E-state index in [1.165, 1.54) is 65.2 Å². The van der Waals surface area contributed by atoms with Crippen molar-refractivity contribution < 1.29 is 38.8 Å². The van der Waals surface area contributed by atoms with Crippen molar-refractivity contribution in [3.8, 4) is 0 Å². The number of benzene rings is 2. The molecule has 2 aromatic carbocycles. The molecule has 0 aromatic heterocycles. The number of β-lactam (4-membered cyclic amide) rings is 1. The average Bonchev–Trinajstić information content (AvgIpc) is 3.22. The van der Waals surface area contributed by atoms with Gasteiger partial charge in [-0.2, -0.15) is 0 Å². The van der Waals surface area contributed by atoms with E-state index < -0.39 is 33.6 Å². The molecule has 0 unspecified atom stereocenters. The van der Waals surface area contributed by atoms with E-state index in [-0.39, 0.29) is 55.6 Å². The third-order valence-electron chi connectivity index (χ3n) is 6.76. The van der Waals surface area contributed by atoms with Crippen molar-refractivity contribution in [1.82, 2.24) is 10.2 Å². The van der Waals surface area contributed by atoms with E-state index in [1.54, 1.807) is 6.92 Å². The van der Waals surface area contributed by atoms with Crippen LogP contribution in [0.2, 0.25) is 0 Å². The molecule has 1 fully saturated rings. The molecule has 216 valence electrons. The number of nitro groups is 2. The first-order chi connectivity index (χ1) is 19.5. The predicted molar refractivity (Wildman–Crippen MR) is 144 cm³/mol. The fraction of sp³-hybridized carbons (Fsp3) is 0.346. The molecule has 0 aliphatic carbocycles. The molecule has 0 spiro atoms. The largest absolute Gasteiger partial charge is 0.456 e. The van der Waals surface area contributed by atoms with Gasteiger partial charge in [-0.25, -0.2) is 9.59 Å². The summed E-state index contributed by atoms with van der Waals surface area (Å²) in [5.41, 5.74) is 0.00689. The van der Waals surface area contributed by atoms with Crippen LogP contribution in [0, 0.1) is 20.2 Å². The van der Waals surface area contributed by atoms with Gasteiger partial charge in [-0.1, -0.05) is 0 Å². The molecule has 1 saturated heterocycles. The molecule has 2 aromatic rings. The lowest BCUT2D eigenvalue weighted by molar-refractivity contribution is -0.385. The zero-order valence-corrected chi connectivity index (χ0v) is 22.6. The van der Waals surface area contributed by atoms with Crippen LogP contribution in [0.3, 0.4) is 0 Å². The van der Waals surface area contributed by atoms with Crippen LogP contribution >= 0.6 is 11.8 Å². The highest BCUT2D eigenvalue weighted by Crippen LogP contribution is 2.52. The molecule has 4 rings (SSSR count). The third kappa shape index (κ3) is 6.47. The SMILES string of the molecule is C[C@@H](O)[C@]12CC(=O)N1C(C(=O)OCc1ccc([N+](=O)[O-])cc1)=C(SCCNC(=O)OCc1ccc([N+](=O)[O-])cc1)C2. The van der Waals surface area contributed by atoms with Crippen LogP contribution in [-0.4, -0.2) is 61.8 Å². The van der Waals surface area contributed by atoms with Crippen LogP contribution in [0.15, 0.2) is 59.1 Å². The van der Waals surface area contributed by atoms with Gasteiger partial charge >= 0.3 is 12.1 Å². The Labute approximate surface area is 237 Å². The Bertz CT molecular complexity index is 1390. The monoisotopic (exact) mass is 586 g/mol. The molecule has 2 N–H and O–H groups in total. The summed E-state index contributed by atoms with van der Waals surface area (Å²) in [5, 5.41) is 34.6. The van der Waals surface area contributed by atoms with Crippen molar-refractivity contribution in [3.63, 3.8) is 0 Å². The lowest BCUT2D eigenvalue weighted by Gasteiger charge is -2.49. The highest BCUT2D eigenvalue weighted by atomic mass is 32.2. The second-order valence-corrected chi connectivity index (χ2v) is 10.6. The summed E-state index contributed by atoms with van der Waals surface area (Å²) < 4.78 is 10.5. The Morgan fingerprint density at radius 3 is 2.02 bits per heavy atom. The van der Waals surface area contributed by atoms with Gasteiger partial charge in [0.1, 0.15) is 18.9 Å². The molecule has 0 radical (unpaired) electrons. The first kappa shape index (κ1) is 29.5. The standard InChI is InChI=1S/C26H26N4O10S/c1-16(31)26-12-21(41-11-10-27-25(34)40-15-18-4-8-20(9-5-18)30(37)38)23(28(26)22(32)13-26)24(33)39-14-17-2-6-19(7-3-17)29(35)36/h2-9,16,31H,10-15H2,1H3,(H,27,34)/t16-,26+/m1/s1. The van der Waals surface area contributed by atoms with Crippen LogP contribution in [0.25, 0.3) is 0 Å². The van der Waals surface area contributed by atoms with E-state index in [2.05, 4.69) is 5.32 Å². The molecule has 0 bridgehead atoms. The molecule has 2 heterocycles. The lowest BCUT2D eigenvalue weighted by atomic mass is 9.79. The quantitative estimate of drug-likeness (QED) is 0.122. The number of esters is 1. The normalized spacial score (nSPS) is 18.3. The number of non-ortho nitro benzene ring substituents is 2. The van der Waals surface area contributed by atoms with Gasteiger partial charge in [0, 0.05) is 47.9 Å². The molecular formula is C26H26N4O10S. The van der Waals surface area contributed by atoms with Gasteiger partial charge in [0.05, 0.1) is 27.9 Å². The first-order valence-electron chi connectivity index (χ1n) is 12.4. The summed E-state index contributed by atoms with van der Waals surface area (Å²) in [5.74, 6) is -0.771. The maximum absolute atomic E-state index is 13.1. The summed E-state index contributed by atoms with van der Waals surface area (Å²) in [4.78, 5) is 60.0. The number of ether oxygens (including phenoxy) is 2. The Kier molecular flexibility index (Phi) is 8.88. The summed E-state index contributed by atoms with van der Waals surface area (Å²) >= 11 is 1.24. The fourth-order valence-electron chi connectivity index (χ4n) is 4.53. The molecule has 15 heteroatoms. The van der Waals surface area contributed by atoms with Gasteiger partial charge in [-0.3, -0.25) is 29.9 Å². The number of amides is 2. The second-order valence-electron chi connectivity index (χ2n) is 9.41. The van der Waals surface area contributed by atoms with E-state index in [9.17, 15) is 39.7 Å². The van der Waals surface area contributed by atoms with Crippen LogP contribution in [0.5, 0.6) is 0 Å². The topological polar surface area (TPSA) is 191 Å². The third-order valence-corrected chi connectivity index (χ3v) is 7.85. The van der Waals surface area contributed by atoms with Crippen molar-refractivity contribution in [1.29, 1.82) is 0 Å². The molecule has 2 amide bonds. The van der Waals surface area contributed by atoms with Crippen molar-refractivity contribution in [2.75, 3.05) is 12.3 Å². The van der Waals surface area contributed by atoms with Gasteiger partial charge < -0.3 is 19.9 Å². The Hall–Kier alpha value is -4.50. The van der Waals surface area contributed by atoms with Crippen molar-refractivity contribution >= 4 is 41.1 Å². The maximum Gasteiger partial charge on any atom is 0.407 e. The van der Waals surface area contributed by atoms with Crippen LogP contribution in [0.4, 0.5) is 16.2 Å². The number of nitro benzene ring substituents is 2. The van der Waals surface area contributed by atoms with Gasteiger partial charge in [-0.05, 0) is 42.3 Å². The maximum atomic E-state index is 13.1. The van der Waals surface area contributed by atoms with Crippen molar-refractivity contribution in [2.45, 2.75) is 44.6 Å². The van der Waals surface area contributed by atoms with Crippen LogP contribution < -0.4 is 5.32 Å². The molecule has 0 saturated carbocycles. The van der Waals surface area contributed by atoms with E-state index in [1.807, 2.05) is 0 Å². The summed E-state index contributed by atoms with van der Waals surface area (Å²) in [6.45, 7) is 1.45. The van der Waals surface area contributed by atoms with E-state index in [0.29, 0.717) is 21.8 Å². The summed E-state index contributed by atoms with van der Waals surface area (Å²) in [6, 6.07) is 11.1. The highest BCUT2D eigenvalue weighted by Gasteiger charge is 2.61. The summed E-state index contributed by atoms with van der Waals surface area (Å²) in [7, 11) is 0. The van der Waals surface area contributed by atoms with Crippen LogP contribution in [0.1, 0.15) is 30.9 Å². The zero-order chi connectivity index (χ0) is 29.7. The number of thioether (sulfide) groups is 1. The number of carbonyl (C=O) groups excluding carboxylic acids is 3. The number of carbonyl (C=O) groups is 3. The first-order valence-corrected chi connectivity index (χ1v) is 13.4. The van der Waals surface area contributed by atoms with E-state index >= 15 is 0 Å². The highest BCUT2D eigenvalue weighted by molar-refractivity contribution is 8.03. The Balaban J connectivity index is 1.33. The molecule has 2 aliphatic heterocycles. The van der Waals surface area contributed by atoms with Gasteiger partial charge in [-0.15, -0.1) is 11.8 Å². The number of nitrogens with one attached hydrogen (secondary N) is 1. The number of hydrogen-bond donors (Lipinski definition) is 2. The number of fused-ring (bicyclic) bond motifs is 1. The second kappa shape index (κ2) is 12.3. The lowest BCUT2D eigenvalue weighted by Crippen LogP contribution is -2.66. The zero-order valence-electron chi connectivity index (χ0n) is 21.8. The average molecular weight is 587 g/mol. The predicted octanol–water partition coefficient (Wildman–Crippen LogP) is 3.17. The van der Waals surface area contributed by atoms with Gasteiger partial charge in [0.2, 0.25) is 5.91 Å². The fourth-order valence-corrected chi connectivity index (χ4v) is 5.65. The molecule has 2 aliphatic rings. The van der Waals surface area contributed by atoms with E-state index in [4.69, 9.17) is 9.47 Å². The van der Waals surface area contributed by atoms with Crippen LogP contribution in [-0.2, 0) is 32.3 Å². The number of aliphatic hydroxyl groups is 1. The Morgan fingerprint density at radius 1 is 1.00 bits per heavy atom. The molecule has 2 atom stereocenters. The van der Waals surface area contributed by atoms with Gasteiger partial charge in [0.15, 0.2) is 0 Å². The van der Waals surface area contributed by atoms with Crippen molar-refractivity contribution in [3.05, 3.63) is 90.5 Å². The minimum absolute atomic E-state index is 0.0369.